The molecule has 2 N–H and O–H groups in total. The van der Waals surface area contributed by atoms with Crippen LogP contribution in [0.5, 0.6) is 0 Å². The first-order valence-electron chi connectivity index (χ1n) is 2.58. The molecule has 0 aliphatic heterocycles. The molecule has 8 heavy (non-hydrogen) atoms. The van der Waals surface area contributed by atoms with Crippen LogP contribution in [-0.4, -0.2) is 17.9 Å². The second kappa shape index (κ2) is 4.60. The van der Waals surface area contributed by atoms with E-state index in [1.807, 2.05) is 6.92 Å². The summed E-state index contributed by atoms with van der Waals surface area (Å²) in [6, 6.07) is 0. The third kappa shape index (κ3) is 3.62. The first kappa shape index (κ1) is 7.44. The van der Waals surface area contributed by atoms with Crippen molar-refractivity contribution in [3.8, 4) is 0 Å². The average Bonchev–Trinajstić information content (AvgIpc) is 1.68. The van der Waals surface area contributed by atoms with E-state index in [1.54, 1.807) is 0 Å². The Bertz CT molecular complexity index is 94.7. The van der Waals surface area contributed by atoms with Crippen LogP contribution in [0.2, 0.25) is 0 Å². The lowest BCUT2D eigenvalue weighted by Crippen LogP contribution is -2.25. The molecule has 0 aromatic rings. The zero-order valence-electron chi connectivity index (χ0n) is 5.02. The quantitative estimate of drug-likeness (QED) is 0.406. The van der Waals surface area contributed by atoms with Crippen molar-refractivity contribution in [1.82, 2.24) is 5.32 Å². The van der Waals surface area contributed by atoms with Crippen molar-refractivity contribution in [1.29, 1.82) is 0 Å². The largest absolute Gasteiger partial charge is 0.374 e. The van der Waals surface area contributed by atoms with Gasteiger partial charge in [0.15, 0.2) is 0 Å². The highest BCUT2D eigenvalue weighted by molar-refractivity contribution is 4.81. The number of hydrogen-bond acceptors (Lipinski definition) is 2. The van der Waals surface area contributed by atoms with Crippen molar-refractivity contribution in [2.75, 3.05) is 6.54 Å². The molecule has 0 aliphatic rings. The van der Waals surface area contributed by atoms with E-state index in [-0.39, 0.29) is 0 Å². The molecule has 46 valence electrons. The smallest absolute Gasteiger partial charge is 0.131 e. The van der Waals surface area contributed by atoms with Crippen LogP contribution in [0, 0.1) is 0 Å². The van der Waals surface area contributed by atoms with Gasteiger partial charge in [0.25, 0.3) is 0 Å². The molecule has 0 heterocycles. The molecule has 0 amide bonds. The Labute approximate surface area is 49.5 Å². The van der Waals surface area contributed by atoms with Crippen LogP contribution in [0.3, 0.4) is 0 Å². The van der Waals surface area contributed by atoms with E-state index in [9.17, 15) is 0 Å². The van der Waals surface area contributed by atoms with Gasteiger partial charge in [-0.15, -0.1) is 5.73 Å². The fourth-order valence-corrected chi connectivity index (χ4v) is 0.380. The van der Waals surface area contributed by atoms with Crippen molar-refractivity contribution >= 4 is 0 Å². The SMILES string of the molecule is C=C=CC(O)NCC. The van der Waals surface area contributed by atoms with Gasteiger partial charge in [-0.2, -0.15) is 0 Å². The van der Waals surface area contributed by atoms with Gasteiger partial charge in [-0.25, -0.2) is 0 Å². The number of nitrogens with one attached hydrogen (secondary N) is 1. The Hall–Kier alpha value is -0.560. The van der Waals surface area contributed by atoms with E-state index in [1.165, 1.54) is 6.08 Å². The normalized spacial score (nSPS) is 12.2. The predicted octanol–water partition coefficient (Wildman–Crippen LogP) is 0.255. The molecular formula is C6H11NO. The summed E-state index contributed by atoms with van der Waals surface area (Å²) >= 11 is 0. The molecule has 0 aromatic carbocycles. The Kier molecular flexibility index (Phi) is 4.27. The highest BCUT2D eigenvalue weighted by Crippen LogP contribution is 1.74. The standard InChI is InChI=1S/C6H11NO/c1-3-5-6(8)7-4-2/h5-8H,1,4H2,2H3. The number of likely N-dealkylation sites (N-methyl/N-ethyl adjacent to an activating group) is 1. The third-order valence-electron chi connectivity index (χ3n) is 0.689. The molecule has 0 rings (SSSR count). The highest BCUT2D eigenvalue weighted by Gasteiger charge is 1.89. The summed E-state index contributed by atoms with van der Waals surface area (Å²) in [6.45, 7) is 5.97. The van der Waals surface area contributed by atoms with Gasteiger partial charge in [-0.1, -0.05) is 13.5 Å². The summed E-state index contributed by atoms with van der Waals surface area (Å²) in [6.07, 6.45) is 0.876. The van der Waals surface area contributed by atoms with Gasteiger partial charge in [-0.3, -0.25) is 5.32 Å². The van der Waals surface area contributed by atoms with E-state index in [0.29, 0.717) is 0 Å². The lowest BCUT2D eigenvalue weighted by atomic mass is 10.5. The van der Waals surface area contributed by atoms with Gasteiger partial charge in [-0.05, 0) is 6.54 Å². The molecule has 1 atom stereocenters. The van der Waals surface area contributed by atoms with E-state index < -0.39 is 6.23 Å². The van der Waals surface area contributed by atoms with Crippen LogP contribution >= 0.6 is 0 Å². The maximum absolute atomic E-state index is 8.78. The number of aliphatic hydroxyl groups is 1. The molecular weight excluding hydrogens is 102 g/mol. The molecule has 0 aliphatic carbocycles. The monoisotopic (exact) mass is 113 g/mol. The van der Waals surface area contributed by atoms with Crippen LogP contribution in [0.4, 0.5) is 0 Å². The maximum Gasteiger partial charge on any atom is 0.131 e. The molecule has 2 heteroatoms. The Balaban J connectivity index is 3.31. The summed E-state index contributed by atoms with van der Waals surface area (Å²) in [5, 5.41) is 11.5. The van der Waals surface area contributed by atoms with Gasteiger partial charge >= 0.3 is 0 Å². The summed E-state index contributed by atoms with van der Waals surface area (Å²) in [4.78, 5) is 0. The van der Waals surface area contributed by atoms with Gasteiger partial charge in [0, 0.05) is 6.08 Å². The second-order valence-electron chi connectivity index (χ2n) is 1.37. The highest BCUT2D eigenvalue weighted by atomic mass is 16.3. The Morgan fingerprint density at radius 2 is 2.62 bits per heavy atom. The zero-order chi connectivity index (χ0) is 6.41. The minimum absolute atomic E-state index is 0.586. The van der Waals surface area contributed by atoms with Gasteiger partial charge in [0.05, 0.1) is 0 Å². The zero-order valence-corrected chi connectivity index (χ0v) is 5.02. The molecule has 0 spiro atoms. The van der Waals surface area contributed by atoms with Gasteiger partial charge < -0.3 is 5.11 Å². The van der Waals surface area contributed by atoms with Gasteiger partial charge in [0.1, 0.15) is 6.23 Å². The van der Waals surface area contributed by atoms with Crippen molar-refractivity contribution in [2.45, 2.75) is 13.2 Å². The number of aliphatic hydroxyl groups excluding tert-OH is 1. The average molecular weight is 113 g/mol. The molecule has 0 radical (unpaired) electrons. The fourth-order valence-electron chi connectivity index (χ4n) is 0.380. The van der Waals surface area contributed by atoms with Crippen LogP contribution < -0.4 is 5.32 Å². The Morgan fingerprint density at radius 1 is 2.00 bits per heavy atom. The summed E-state index contributed by atoms with van der Waals surface area (Å²) in [7, 11) is 0. The van der Waals surface area contributed by atoms with Crippen molar-refractivity contribution in [3.63, 3.8) is 0 Å². The van der Waals surface area contributed by atoms with E-state index in [4.69, 9.17) is 5.11 Å². The minimum Gasteiger partial charge on any atom is -0.374 e. The number of hydrogen-bond donors (Lipinski definition) is 2. The van der Waals surface area contributed by atoms with E-state index in [2.05, 4.69) is 17.6 Å². The van der Waals surface area contributed by atoms with E-state index in [0.717, 1.165) is 6.54 Å². The molecule has 2 nitrogen and oxygen atoms in total. The first-order valence-corrected chi connectivity index (χ1v) is 2.58. The molecule has 0 saturated heterocycles. The van der Waals surface area contributed by atoms with Crippen LogP contribution in [0.1, 0.15) is 6.92 Å². The first-order chi connectivity index (χ1) is 3.81. The summed E-state index contributed by atoms with van der Waals surface area (Å²) in [5.41, 5.74) is 2.46. The minimum atomic E-state index is -0.586. The lowest BCUT2D eigenvalue weighted by molar-refractivity contribution is 0.188. The number of rotatable bonds is 3. The molecule has 1 unspecified atom stereocenters. The second-order valence-corrected chi connectivity index (χ2v) is 1.37. The van der Waals surface area contributed by atoms with Crippen LogP contribution in [-0.2, 0) is 0 Å². The van der Waals surface area contributed by atoms with Gasteiger partial charge in [0.2, 0.25) is 0 Å². The molecule has 0 bridgehead atoms. The summed E-state index contributed by atoms with van der Waals surface area (Å²) < 4.78 is 0. The van der Waals surface area contributed by atoms with Crippen molar-refractivity contribution in [3.05, 3.63) is 18.4 Å². The summed E-state index contributed by atoms with van der Waals surface area (Å²) in [5.74, 6) is 0. The van der Waals surface area contributed by atoms with Crippen molar-refractivity contribution < 1.29 is 5.11 Å². The molecule has 0 aromatic heterocycles. The fraction of sp³-hybridized carbons (Fsp3) is 0.500. The maximum atomic E-state index is 8.78. The van der Waals surface area contributed by atoms with Crippen LogP contribution in [0.25, 0.3) is 0 Å². The molecule has 0 saturated carbocycles. The predicted molar refractivity (Wildman–Crippen MR) is 33.4 cm³/mol. The lowest BCUT2D eigenvalue weighted by Gasteiger charge is -2.01. The topological polar surface area (TPSA) is 32.3 Å². The Morgan fingerprint density at radius 3 is 3.00 bits per heavy atom. The third-order valence-corrected chi connectivity index (χ3v) is 0.689. The van der Waals surface area contributed by atoms with Crippen molar-refractivity contribution in [2.24, 2.45) is 0 Å². The molecule has 0 fully saturated rings. The van der Waals surface area contributed by atoms with E-state index >= 15 is 0 Å². The van der Waals surface area contributed by atoms with Crippen LogP contribution in [0.15, 0.2) is 18.4 Å².